The Balaban J connectivity index is 2.37. The molecular weight excluding hydrogens is 264 g/mol. The standard InChI is InChI=1S/C13H26N2OS2/c1-12(2,17)9-14(5)6-7-15-8-11(16)18-13(3,4)10-15/h17H,6-10H2,1-5H3. The van der Waals surface area contributed by atoms with E-state index in [0.717, 1.165) is 26.2 Å². The predicted molar refractivity (Wildman–Crippen MR) is 83.7 cm³/mol. The molecule has 5 heteroatoms. The van der Waals surface area contributed by atoms with E-state index in [0.29, 0.717) is 11.7 Å². The number of carbonyl (C=O) groups excluding carboxylic acids is 1. The van der Waals surface area contributed by atoms with Gasteiger partial charge in [-0.1, -0.05) is 11.8 Å². The minimum Gasteiger partial charge on any atom is -0.304 e. The van der Waals surface area contributed by atoms with E-state index >= 15 is 0 Å². The summed E-state index contributed by atoms with van der Waals surface area (Å²) in [6.07, 6.45) is 0. The summed E-state index contributed by atoms with van der Waals surface area (Å²) in [7, 11) is 2.11. The van der Waals surface area contributed by atoms with Crippen LogP contribution in [0.3, 0.4) is 0 Å². The molecule has 0 N–H and O–H groups in total. The van der Waals surface area contributed by atoms with Gasteiger partial charge in [0.15, 0.2) is 0 Å². The van der Waals surface area contributed by atoms with Crippen LogP contribution in [0.15, 0.2) is 0 Å². The van der Waals surface area contributed by atoms with Crippen LogP contribution < -0.4 is 0 Å². The summed E-state index contributed by atoms with van der Waals surface area (Å²) in [5, 5.41) is 0.295. The fraction of sp³-hybridized carbons (Fsp3) is 0.923. The zero-order chi connectivity index (χ0) is 14.0. The van der Waals surface area contributed by atoms with Crippen LogP contribution in [0.1, 0.15) is 27.7 Å². The summed E-state index contributed by atoms with van der Waals surface area (Å²) >= 11 is 6.03. The maximum absolute atomic E-state index is 11.7. The highest BCUT2D eigenvalue weighted by Gasteiger charge is 2.32. The van der Waals surface area contributed by atoms with Crippen molar-refractivity contribution < 1.29 is 4.79 Å². The smallest absolute Gasteiger partial charge is 0.203 e. The van der Waals surface area contributed by atoms with Crippen LogP contribution in [-0.4, -0.2) is 64.2 Å². The van der Waals surface area contributed by atoms with Crippen LogP contribution in [0.4, 0.5) is 0 Å². The molecule has 0 atom stereocenters. The van der Waals surface area contributed by atoms with Crippen molar-refractivity contribution in [3.05, 3.63) is 0 Å². The predicted octanol–water partition coefficient (Wildman–Crippen LogP) is 1.98. The monoisotopic (exact) mass is 290 g/mol. The maximum atomic E-state index is 11.7. The molecule has 1 fully saturated rings. The molecule has 1 aliphatic rings. The van der Waals surface area contributed by atoms with E-state index in [1.54, 1.807) is 0 Å². The molecule has 0 aromatic rings. The molecule has 0 unspecified atom stereocenters. The van der Waals surface area contributed by atoms with Gasteiger partial charge in [-0.05, 0) is 34.7 Å². The third-order valence-corrected chi connectivity index (χ3v) is 3.98. The molecule has 106 valence electrons. The van der Waals surface area contributed by atoms with Crippen LogP contribution in [-0.2, 0) is 4.79 Å². The second kappa shape index (κ2) is 6.16. The van der Waals surface area contributed by atoms with Crippen molar-refractivity contribution in [1.82, 2.24) is 9.80 Å². The average Bonchev–Trinajstić information content (AvgIpc) is 2.08. The van der Waals surface area contributed by atoms with Gasteiger partial charge in [-0.15, -0.1) is 0 Å². The Morgan fingerprint density at radius 2 is 2.11 bits per heavy atom. The summed E-state index contributed by atoms with van der Waals surface area (Å²) in [6, 6.07) is 0. The van der Waals surface area contributed by atoms with E-state index in [4.69, 9.17) is 0 Å². The fourth-order valence-electron chi connectivity index (χ4n) is 2.36. The summed E-state index contributed by atoms with van der Waals surface area (Å²) in [5.41, 5.74) is 0. The van der Waals surface area contributed by atoms with Crippen molar-refractivity contribution in [3.8, 4) is 0 Å². The number of thioether (sulfide) groups is 1. The van der Waals surface area contributed by atoms with Gasteiger partial charge in [0.2, 0.25) is 5.12 Å². The van der Waals surface area contributed by atoms with Crippen LogP contribution >= 0.6 is 24.4 Å². The fourth-order valence-corrected chi connectivity index (χ4v) is 3.71. The molecule has 18 heavy (non-hydrogen) atoms. The highest BCUT2D eigenvalue weighted by atomic mass is 32.2. The van der Waals surface area contributed by atoms with Crippen LogP contribution in [0, 0.1) is 0 Å². The first-order valence-electron chi connectivity index (χ1n) is 6.42. The lowest BCUT2D eigenvalue weighted by molar-refractivity contribution is -0.112. The quantitative estimate of drug-likeness (QED) is 0.782. The number of nitrogens with zero attached hydrogens (tertiary/aromatic N) is 2. The molecule has 0 radical (unpaired) electrons. The second-order valence-electron chi connectivity index (χ2n) is 6.49. The minimum atomic E-state index is 0.0294. The molecule has 0 bridgehead atoms. The van der Waals surface area contributed by atoms with Crippen molar-refractivity contribution in [3.63, 3.8) is 0 Å². The third kappa shape index (κ3) is 6.45. The Morgan fingerprint density at radius 1 is 1.50 bits per heavy atom. The molecule has 0 spiro atoms. The average molecular weight is 290 g/mol. The number of likely N-dealkylation sites (N-methyl/N-ethyl adjacent to an activating group) is 1. The number of hydrogen-bond donors (Lipinski definition) is 1. The van der Waals surface area contributed by atoms with Gasteiger partial charge in [-0.25, -0.2) is 0 Å². The summed E-state index contributed by atoms with van der Waals surface area (Å²) < 4.78 is 0.0817. The van der Waals surface area contributed by atoms with Gasteiger partial charge in [0.25, 0.3) is 0 Å². The molecule has 1 heterocycles. The molecule has 0 aromatic heterocycles. The van der Waals surface area contributed by atoms with Crippen LogP contribution in [0.25, 0.3) is 0 Å². The topological polar surface area (TPSA) is 23.6 Å². The zero-order valence-electron chi connectivity index (χ0n) is 12.2. The normalized spacial score (nSPS) is 21.6. The van der Waals surface area contributed by atoms with Gasteiger partial charge >= 0.3 is 0 Å². The molecule has 3 nitrogen and oxygen atoms in total. The molecule has 1 saturated heterocycles. The van der Waals surface area contributed by atoms with Gasteiger partial charge < -0.3 is 4.90 Å². The van der Waals surface area contributed by atoms with Crippen molar-refractivity contribution in [1.29, 1.82) is 0 Å². The Bertz CT molecular complexity index is 300. The van der Waals surface area contributed by atoms with E-state index < -0.39 is 0 Å². The Labute approximate surface area is 121 Å². The van der Waals surface area contributed by atoms with E-state index in [2.05, 4.69) is 57.2 Å². The van der Waals surface area contributed by atoms with Crippen LogP contribution in [0.2, 0.25) is 0 Å². The van der Waals surface area contributed by atoms with Crippen molar-refractivity contribution >= 4 is 29.5 Å². The van der Waals surface area contributed by atoms with E-state index in [1.807, 2.05) is 0 Å². The number of carbonyl (C=O) groups is 1. The second-order valence-corrected chi connectivity index (χ2v) is 9.47. The number of hydrogen-bond acceptors (Lipinski definition) is 5. The molecular formula is C13H26N2OS2. The lowest BCUT2D eigenvalue weighted by atomic mass is 10.1. The lowest BCUT2D eigenvalue weighted by Gasteiger charge is -2.37. The third-order valence-electron chi connectivity index (χ3n) is 2.80. The maximum Gasteiger partial charge on any atom is 0.203 e. The van der Waals surface area contributed by atoms with Crippen molar-refractivity contribution in [2.45, 2.75) is 37.2 Å². The van der Waals surface area contributed by atoms with E-state index in [-0.39, 0.29) is 9.49 Å². The molecule has 0 aromatic carbocycles. The van der Waals surface area contributed by atoms with Gasteiger partial charge in [0.1, 0.15) is 0 Å². The lowest BCUT2D eigenvalue weighted by Crippen LogP contribution is -2.48. The Morgan fingerprint density at radius 3 is 2.61 bits per heavy atom. The molecule has 0 aliphatic carbocycles. The van der Waals surface area contributed by atoms with E-state index in [1.165, 1.54) is 11.8 Å². The SMILES string of the molecule is CN(CCN1CC(=O)SC(C)(C)C1)CC(C)(C)S. The summed E-state index contributed by atoms with van der Waals surface area (Å²) in [6.45, 7) is 13.0. The molecule has 1 rings (SSSR count). The van der Waals surface area contributed by atoms with Gasteiger partial charge in [-0.2, -0.15) is 12.6 Å². The van der Waals surface area contributed by atoms with Crippen LogP contribution in [0.5, 0.6) is 0 Å². The molecule has 0 saturated carbocycles. The van der Waals surface area contributed by atoms with Crippen molar-refractivity contribution in [2.24, 2.45) is 0 Å². The first kappa shape index (κ1) is 16.3. The minimum absolute atomic E-state index is 0.0294. The van der Waals surface area contributed by atoms with Gasteiger partial charge in [-0.3, -0.25) is 9.69 Å². The van der Waals surface area contributed by atoms with Crippen molar-refractivity contribution in [2.75, 3.05) is 39.8 Å². The van der Waals surface area contributed by atoms with Gasteiger partial charge in [0.05, 0.1) is 6.54 Å². The molecule has 0 amide bonds. The largest absolute Gasteiger partial charge is 0.304 e. The van der Waals surface area contributed by atoms with E-state index in [9.17, 15) is 4.79 Å². The van der Waals surface area contributed by atoms with Gasteiger partial charge in [0, 0.05) is 35.7 Å². The Kier molecular flexibility index (Phi) is 5.59. The molecule has 1 aliphatic heterocycles. The Hall–Kier alpha value is 0.290. The number of rotatable bonds is 5. The number of thiol groups is 1. The summed E-state index contributed by atoms with van der Waals surface area (Å²) in [4.78, 5) is 16.2. The first-order chi connectivity index (χ1) is 8.07. The first-order valence-corrected chi connectivity index (χ1v) is 7.69. The summed E-state index contributed by atoms with van der Waals surface area (Å²) in [5.74, 6) is 0. The zero-order valence-corrected chi connectivity index (χ0v) is 13.9. The highest BCUT2D eigenvalue weighted by molar-refractivity contribution is 8.14. The highest BCUT2D eigenvalue weighted by Crippen LogP contribution is 2.30.